The summed E-state index contributed by atoms with van der Waals surface area (Å²) >= 11 is 0. The number of carbonyl (C=O) groups is 1. The maximum absolute atomic E-state index is 12.8. The van der Waals surface area contributed by atoms with Crippen LogP contribution in [0.15, 0.2) is 18.2 Å². The topological polar surface area (TPSA) is 41.1 Å². The van der Waals surface area contributed by atoms with E-state index in [1.165, 1.54) is 6.07 Å². The molecule has 0 radical (unpaired) electrons. The first-order chi connectivity index (χ1) is 7.04. The first-order valence-electron chi connectivity index (χ1n) is 4.47. The van der Waals surface area contributed by atoms with Gasteiger partial charge in [0.15, 0.2) is 11.6 Å². The predicted octanol–water partition coefficient (Wildman–Crippen LogP) is 1.51. The molecule has 0 bridgehead atoms. The molecule has 1 amide bonds. The number of anilines is 1. The van der Waals surface area contributed by atoms with E-state index < -0.39 is 17.7 Å². The van der Waals surface area contributed by atoms with E-state index >= 15 is 0 Å². The summed E-state index contributed by atoms with van der Waals surface area (Å²) in [7, 11) is 1.63. The smallest absolute Gasteiger partial charge is 0.241 e. The maximum atomic E-state index is 12.8. The molecule has 0 saturated carbocycles. The van der Waals surface area contributed by atoms with Crippen molar-refractivity contribution in [2.75, 3.05) is 12.4 Å². The molecule has 2 N–H and O–H groups in total. The molecule has 0 fully saturated rings. The third-order valence-corrected chi connectivity index (χ3v) is 2.01. The van der Waals surface area contributed by atoms with Crippen LogP contribution in [0.2, 0.25) is 0 Å². The highest BCUT2D eigenvalue weighted by Gasteiger charge is 2.11. The molecular formula is C10H12F2N2O. The van der Waals surface area contributed by atoms with Gasteiger partial charge in [-0.15, -0.1) is 0 Å². The van der Waals surface area contributed by atoms with Crippen LogP contribution in [0.3, 0.4) is 0 Å². The molecule has 82 valence electrons. The van der Waals surface area contributed by atoms with Crippen molar-refractivity contribution in [2.24, 2.45) is 0 Å². The Kier molecular flexibility index (Phi) is 3.74. The van der Waals surface area contributed by atoms with E-state index in [1.807, 2.05) is 0 Å². The molecule has 0 heterocycles. The van der Waals surface area contributed by atoms with E-state index in [0.717, 1.165) is 12.1 Å². The largest absolute Gasteiger partial charge is 0.325 e. The number of likely N-dealkylation sites (N-methyl/N-ethyl adjacent to an activating group) is 1. The van der Waals surface area contributed by atoms with Gasteiger partial charge < -0.3 is 10.6 Å². The van der Waals surface area contributed by atoms with Crippen molar-refractivity contribution in [3.8, 4) is 0 Å². The number of hydrogen-bond donors (Lipinski definition) is 2. The van der Waals surface area contributed by atoms with Crippen molar-refractivity contribution in [1.82, 2.24) is 5.32 Å². The molecule has 0 aliphatic carbocycles. The average Bonchev–Trinajstić information content (AvgIpc) is 2.22. The molecular weight excluding hydrogens is 202 g/mol. The highest BCUT2D eigenvalue weighted by atomic mass is 19.2. The summed E-state index contributed by atoms with van der Waals surface area (Å²) in [6, 6.07) is 2.82. The van der Waals surface area contributed by atoms with Crippen molar-refractivity contribution in [3.05, 3.63) is 29.8 Å². The van der Waals surface area contributed by atoms with Crippen molar-refractivity contribution in [1.29, 1.82) is 0 Å². The van der Waals surface area contributed by atoms with E-state index in [9.17, 15) is 13.6 Å². The van der Waals surface area contributed by atoms with E-state index in [4.69, 9.17) is 0 Å². The zero-order chi connectivity index (χ0) is 11.4. The lowest BCUT2D eigenvalue weighted by Crippen LogP contribution is -2.35. The second kappa shape index (κ2) is 4.84. The number of rotatable bonds is 3. The number of benzene rings is 1. The third-order valence-electron chi connectivity index (χ3n) is 2.01. The standard InChI is InChI=1S/C10H12F2N2O/c1-6(13-2)10(15)14-7-3-4-8(11)9(12)5-7/h3-6,13H,1-2H3,(H,14,15). The fraction of sp³-hybridized carbons (Fsp3) is 0.300. The predicted molar refractivity (Wildman–Crippen MR) is 53.5 cm³/mol. The van der Waals surface area contributed by atoms with Crippen LogP contribution < -0.4 is 10.6 Å². The summed E-state index contributed by atoms with van der Waals surface area (Å²) in [6.45, 7) is 1.66. The molecule has 1 atom stereocenters. The Hall–Kier alpha value is -1.49. The minimum absolute atomic E-state index is 0.237. The Morgan fingerprint density at radius 3 is 2.53 bits per heavy atom. The van der Waals surface area contributed by atoms with E-state index in [0.29, 0.717) is 0 Å². The molecule has 1 aromatic carbocycles. The van der Waals surface area contributed by atoms with Gasteiger partial charge in [0.2, 0.25) is 5.91 Å². The van der Waals surface area contributed by atoms with E-state index in [-0.39, 0.29) is 11.6 Å². The molecule has 0 aliphatic rings. The van der Waals surface area contributed by atoms with Gasteiger partial charge in [-0.1, -0.05) is 0 Å². The zero-order valence-corrected chi connectivity index (χ0v) is 8.47. The second-order valence-electron chi connectivity index (χ2n) is 3.13. The molecule has 5 heteroatoms. The van der Waals surface area contributed by atoms with Crippen LogP contribution in [0.4, 0.5) is 14.5 Å². The summed E-state index contributed by atoms with van der Waals surface area (Å²) in [5.74, 6) is -2.22. The summed E-state index contributed by atoms with van der Waals surface area (Å²) in [5.41, 5.74) is 0.237. The molecule has 0 aliphatic heterocycles. The van der Waals surface area contributed by atoms with Gasteiger partial charge in [0, 0.05) is 11.8 Å². The number of nitrogens with one attached hydrogen (secondary N) is 2. The summed E-state index contributed by atoms with van der Waals surface area (Å²) in [5, 5.41) is 5.18. The van der Waals surface area contributed by atoms with Gasteiger partial charge in [-0.25, -0.2) is 8.78 Å². The molecule has 3 nitrogen and oxygen atoms in total. The Bertz CT molecular complexity index is 368. The van der Waals surface area contributed by atoms with Gasteiger partial charge in [-0.2, -0.15) is 0 Å². The molecule has 0 saturated heterocycles. The normalized spacial score (nSPS) is 12.3. The van der Waals surface area contributed by atoms with Crippen molar-refractivity contribution < 1.29 is 13.6 Å². The van der Waals surface area contributed by atoms with Gasteiger partial charge in [0.05, 0.1) is 6.04 Å². The Balaban J connectivity index is 2.73. The number of amides is 1. The summed E-state index contributed by atoms with van der Waals surface area (Å²) < 4.78 is 25.3. The van der Waals surface area contributed by atoms with Crippen LogP contribution in [0, 0.1) is 11.6 Å². The highest BCUT2D eigenvalue weighted by Crippen LogP contribution is 2.13. The monoisotopic (exact) mass is 214 g/mol. The van der Waals surface area contributed by atoms with Gasteiger partial charge in [-0.05, 0) is 26.1 Å². The minimum atomic E-state index is -0.982. The fourth-order valence-corrected chi connectivity index (χ4v) is 0.955. The van der Waals surface area contributed by atoms with Gasteiger partial charge in [0.1, 0.15) is 0 Å². The van der Waals surface area contributed by atoms with Gasteiger partial charge in [-0.3, -0.25) is 4.79 Å². The SMILES string of the molecule is CNC(C)C(=O)Nc1ccc(F)c(F)c1. The molecule has 15 heavy (non-hydrogen) atoms. The van der Waals surface area contributed by atoms with Crippen LogP contribution in [0.25, 0.3) is 0 Å². The lowest BCUT2D eigenvalue weighted by molar-refractivity contribution is -0.117. The fourth-order valence-electron chi connectivity index (χ4n) is 0.955. The average molecular weight is 214 g/mol. The molecule has 0 aromatic heterocycles. The van der Waals surface area contributed by atoms with E-state index in [2.05, 4.69) is 10.6 Å². The highest BCUT2D eigenvalue weighted by molar-refractivity contribution is 5.94. The van der Waals surface area contributed by atoms with Gasteiger partial charge in [0.25, 0.3) is 0 Å². The number of carbonyl (C=O) groups excluding carboxylic acids is 1. The lowest BCUT2D eigenvalue weighted by atomic mass is 10.2. The molecule has 1 unspecified atom stereocenters. The van der Waals surface area contributed by atoms with Crippen LogP contribution in [-0.4, -0.2) is 19.0 Å². The van der Waals surface area contributed by atoms with Crippen molar-refractivity contribution in [2.45, 2.75) is 13.0 Å². The first-order valence-corrected chi connectivity index (χ1v) is 4.47. The Labute approximate surface area is 86.5 Å². The van der Waals surface area contributed by atoms with Crippen LogP contribution >= 0.6 is 0 Å². The quantitative estimate of drug-likeness (QED) is 0.800. The van der Waals surface area contributed by atoms with Crippen molar-refractivity contribution >= 4 is 11.6 Å². The summed E-state index contributed by atoms with van der Waals surface area (Å²) in [4.78, 5) is 11.3. The second-order valence-corrected chi connectivity index (χ2v) is 3.13. The molecule has 1 aromatic rings. The Morgan fingerprint density at radius 2 is 2.00 bits per heavy atom. The first kappa shape index (κ1) is 11.6. The van der Waals surface area contributed by atoms with E-state index in [1.54, 1.807) is 14.0 Å². The maximum Gasteiger partial charge on any atom is 0.241 e. The van der Waals surface area contributed by atoms with Gasteiger partial charge >= 0.3 is 0 Å². The Morgan fingerprint density at radius 1 is 1.33 bits per heavy atom. The van der Waals surface area contributed by atoms with Crippen LogP contribution in [0.5, 0.6) is 0 Å². The van der Waals surface area contributed by atoms with Crippen LogP contribution in [-0.2, 0) is 4.79 Å². The zero-order valence-electron chi connectivity index (χ0n) is 8.47. The summed E-state index contributed by atoms with van der Waals surface area (Å²) in [6.07, 6.45) is 0. The number of hydrogen-bond acceptors (Lipinski definition) is 2. The number of halogens is 2. The molecule has 0 spiro atoms. The lowest BCUT2D eigenvalue weighted by Gasteiger charge is -2.10. The van der Waals surface area contributed by atoms with Crippen molar-refractivity contribution in [3.63, 3.8) is 0 Å². The minimum Gasteiger partial charge on any atom is -0.325 e. The van der Waals surface area contributed by atoms with Crippen LogP contribution in [0.1, 0.15) is 6.92 Å². The molecule has 1 rings (SSSR count). The third kappa shape index (κ3) is 2.99.